The normalized spacial score (nSPS) is 14.9. The first kappa shape index (κ1) is 30.0. The predicted octanol–water partition coefficient (Wildman–Crippen LogP) is 6.42. The number of methoxy groups -OCH3 is 1. The summed E-state index contributed by atoms with van der Waals surface area (Å²) < 4.78 is 61.8. The van der Waals surface area contributed by atoms with Crippen LogP contribution in [0.3, 0.4) is 0 Å². The molecule has 1 aliphatic rings. The number of rotatable bonds is 5. The highest BCUT2D eigenvalue weighted by Gasteiger charge is 2.39. The van der Waals surface area contributed by atoms with Crippen LogP contribution in [-0.4, -0.2) is 63.6 Å². The molecule has 11 heteroatoms. The van der Waals surface area contributed by atoms with Crippen LogP contribution in [0.15, 0.2) is 54.7 Å². The Bertz CT molecular complexity index is 1490. The van der Waals surface area contributed by atoms with E-state index in [1.54, 1.807) is 41.3 Å². The molecule has 0 aliphatic carbocycles. The molecule has 0 unspecified atom stereocenters. The first-order chi connectivity index (χ1) is 19.6. The second kappa shape index (κ2) is 12.3. The number of ether oxygens (including phenoxy) is 1. The maximum Gasteiger partial charge on any atom is 0.433 e. The predicted molar refractivity (Wildman–Crippen MR) is 148 cm³/mol. The smallest absolute Gasteiger partial charge is 0.433 e. The van der Waals surface area contributed by atoms with Gasteiger partial charge >= 0.3 is 6.18 Å². The fraction of sp³-hybridized carbons (Fsp3) is 0.367. The first-order valence-electron chi connectivity index (χ1n) is 13.5. The van der Waals surface area contributed by atoms with E-state index in [-0.39, 0.29) is 34.3 Å². The summed E-state index contributed by atoms with van der Waals surface area (Å²) >= 11 is 0. The molecule has 0 N–H and O–H groups in total. The molecular weight excluding hydrogens is 538 g/mol. The van der Waals surface area contributed by atoms with E-state index >= 15 is 0 Å². The van der Waals surface area contributed by atoms with Crippen LogP contribution < -0.4 is 4.74 Å². The summed E-state index contributed by atoms with van der Waals surface area (Å²) in [4.78, 5) is 21.8. The molecule has 2 aromatic carbocycles. The standard InChI is InChI=1S/C28H27F4N5O2.C2H6/c1-17-24(20-6-10-22(39-3)11-7-20)34-26-23(16-33-37(26)25(17)28(30,31)32)27(38)36-14-12-35(13-15-36)18(2)19-4-8-21(29)9-5-19;1-2/h4-11,16,18H,12-15H2,1-3H3;1-2H3/t18-;/m0./s1. The van der Waals surface area contributed by atoms with Crippen molar-refractivity contribution in [2.45, 2.75) is 39.9 Å². The zero-order chi connectivity index (χ0) is 29.9. The van der Waals surface area contributed by atoms with Crippen LogP contribution in [0, 0.1) is 12.7 Å². The Morgan fingerprint density at radius 3 is 2.15 bits per heavy atom. The van der Waals surface area contributed by atoms with Crippen molar-refractivity contribution in [3.63, 3.8) is 0 Å². The number of carbonyl (C=O) groups is 1. The van der Waals surface area contributed by atoms with Crippen LogP contribution in [0.5, 0.6) is 5.75 Å². The van der Waals surface area contributed by atoms with Crippen LogP contribution in [0.25, 0.3) is 16.9 Å². The van der Waals surface area contributed by atoms with Gasteiger partial charge in [0.25, 0.3) is 5.91 Å². The Morgan fingerprint density at radius 1 is 0.976 bits per heavy atom. The van der Waals surface area contributed by atoms with E-state index in [1.807, 2.05) is 20.8 Å². The number of hydrogen-bond donors (Lipinski definition) is 0. The zero-order valence-electron chi connectivity index (χ0n) is 23.7. The van der Waals surface area contributed by atoms with Gasteiger partial charge < -0.3 is 9.64 Å². The highest BCUT2D eigenvalue weighted by molar-refractivity contribution is 6.00. The summed E-state index contributed by atoms with van der Waals surface area (Å²) in [6.07, 6.45) is -3.56. The second-order valence-corrected chi connectivity index (χ2v) is 9.51. The molecule has 1 aliphatic heterocycles. The van der Waals surface area contributed by atoms with E-state index in [0.717, 1.165) is 11.8 Å². The summed E-state index contributed by atoms with van der Waals surface area (Å²) in [5, 5.41) is 3.94. The largest absolute Gasteiger partial charge is 0.497 e. The van der Waals surface area contributed by atoms with E-state index < -0.39 is 17.8 Å². The third-order valence-electron chi connectivity index (χ3n) is 7.25. The number of benzene rings is 2. The van der Waals surface area contributed by atoms with E-state index in [2.05, 4.69) is 15.0 Å². The van der Waals surface area contributed by atoms with E-state index in [0.29, 0.717) is 42.0 Å². The monoisotopic (exact) mass is 571 g/mol. The molecule has 1 atom stereocenters. The maximum atomic E-state index is 14.2. The number of hydrogen-bond acceptors (Lipinski definition) is 5. The van der Waals surface area contributed by atoms with Crippen LogP contribution in [0.4, 0.5) is 17.6 Å². The summed E-state index contributed by atoms with van der Waals surface area (Å²) in [5.41, 5.74) is 0.334. The average Bonchev–Trinajstić information content (AvgIpc) is 3.40. The fourth-order valence-electron chi connectivity index (χ4n) is 5.02. The van der Waals surface area contributed by atoms with Crippen molar-refractivity contribution in [2.24, 2.45) is 0 Å². The second-order valence-electron chi connectivity index (χ2n) is 9.51. The molecular formula is C30H33F4N5O2. The Balaban J connectivity index is 0.00000189. The SMILES string of the molecule is CC.COc1ccc(-c2nc3c(C(=O)N4CCN([C@@H](C)c5ccc(F)cc5)CC4)cnn3c(C(F)(F)F)c2C)cc1. The summed E-state index contributed by atoms with van der Waals surface area (Å²) in [6.45, 7) is 9.24. The molecule has 0 saturated carbocycles. The van der Waals surface area contributed by atoms with Gasteiger partial charge in [0, 0.05) is 43.3 Å². The van der Waals surface area contributed by atoms with Crippen LogP contribution in [-0.2, 0) is 6.18 Å². The van der Waals surface area contributed by atoms with Crippen molar-refractivity contribution in [3.8, 4) is 17.0 Å². The number of piperazine rings is 1. The van der Waals surface area contributed by atoms with Crippen molar-refractivity contribution in [3.05, 3.63) is 82.9 Å². The van der Waals surface area contributed by atoms with Gasteiger partial charge in [0.1, 0.15) is 17.1 Å². The number of aromatic nitrogens is 3. The average molecular weight is 572 g/mol. The molecule has 1 saturated heterocycles. The van der Waals surface area contributed by atoms with Gasteiger partial charge in [-0.1, -0.05) is 26.0 Å². The van der Waals surface area contributed by atoms with Crippen molar-refractivity contribution in [1.29, 1.82) is 0 Å². The zero-order valence-corrected chi connectivity index (χ0v) is 23.7. The minimum Gasteiger partial charge on any atom is -0.497 e. The van der Waals surface area contributed by atoms with Gasteiger partial charge in [0.05, 0.1) is 19.0 Å². The summed E-state index contributed by atoms with van der Waals surface area (Å²) in [7, 11) is 1.50. The van der Waals surface area contributed by atoms with Gasteiger partial charge in [-0.3, -0.25) is 9.69 Å². The van der Waals surface area contributed by atoms with Gasteiger partial charge in [-0.05, 0) is 55.8 Å². The highest BCUT2D eigenvalue weighted by atomic mass is 19.4. The van der Waals surface area contributed by atoms with E-state index in [9.17, 15) is 22.4 Å². The Labute approximate surface area is 236 Å². The van der Waals surface area contributed by atoms with Gasteiger partial charge in [-0.25, -0.2) is 13.9 Å². The topological polar surface area (TPSA) is 63.0 Å². The van der Waals surface area contributed by atoms with Crippen molar-refractivity contribution in [2.75, 3.05) is 33.3 Å². The molecule has 1 amide bonds. The molecule has 41 heavy (non-hydrogen) atoms. The van der Waals surface area contributed by atoms with Crippen LogP contribution in [0.1, 0.15) is 54.0 Å². The quantitative estimate of drug-likeness (QED) is 0.259. The lowest BCUT2D eigenvalue weighted by Crippen LogP contribution is -2.49. The van der Waals surface area contributed by atoms with Gasteiger partial charge in [-0.2, -0.15) is 18.3 Å². The van der Waals surface area contributed by atoms with Crippen molar-refractivity contribution < 1.29 is 27.1 Å². The highest BCUT2D eigenvalue weighted by Crippen LogP contribution is 2.37. The lowest BCUT2D eigenvalue weighted by atomic mass is 10.0. The molecule has 7 nitrogen and oxygen atoms in total. The van der Waals surface area contributed by atoms with Gasteiger partial charge in [-0.15, -0.1) is 0 Å². The van der Waals surface area contributed by atoms with Crippen molar-refractivity contribution >= 4 is 11.6 Å². The lowest BCUT2D eigenvalue weighted by molar-refractivity contribution is -0.143. The number of carbonyl (C=O) groups excluding carboxylic acids is 1. The number of fused-ring (bicyclic) bond motifs is 1. The molecule has 2 aromatic heterocycles. The van der Waals surface area contributed by atoms with Crippen molar-refractivity contribution in [1.82, 2.24) is 24.4 Å². The molecule has 1 fully saturated rings. The van der Waals surface area contributed by atoms with Gasteiger partial charge in [0.15, 0.2) is 11.3 Å². The van der Waals surface area contributed by atoms with Crippen LogP contribution >= 0.6 is 0 Å². The number of amides is 1. The van der Waals surface area contributed by atoms with E-state index in [4.69, 9.17) is 4.74 Å². The maximum absolute atomic E-state index is 14.2. The Hall–Kier alpha value is -3.99. The molecule has 0 bridgehead atoms. The van der Waals surface area contributed by atoms with Gasteiger partial charge in [0.2, 0.25) is 0 Å². The fourth-order valence-corrected chi connectivity index (χ4v) is 5.02. The van der Waals surface area contributed by atoms with E-state index in [1.165, 1.54) is 26.2 Å². The molecule has 4 aromatic rings. The minimum atomic E-state index is -4.72. The Morgan fingerprint density at radius 2 is 1.59 bits per heavy atom. The third-order valence-corrected chi connectivity index (χ3v) is 7.25. The molecule has 218 valence electrons. The molecule has 0 radical (unpaired) electrons. The summed E-state index contributed by atoms with van der Waals surface area (Å²) in [5.74, 6) is -0.173. The molecule has 5 rings (SSSR count). The van der Waals surface area contributed by atoms with Crippen LogP contribution in [0.2, 0.25) is 0 Å². The first-order valence-corrected chi connectivity index (χ1v) is 13.5. The minimum absolute atomic E-state index is 0.00953. The Kier molecular flexibility index (Phi) is 8.96. The number of halogens is 4. The summed E-state index contributed by atoms with van der Waals surface area (Å²) in [6, 6.07) is 12.9. The number of alkyl halides is 3. The molecule has 3 heterocycles. The molecule has 0 spiro atoms. The lowest BCUT2D eigenvalue weighted by Gasteiger charge is -2.38. The number of nitrogens with zero attached hydrogens (tertiary/aromatic N) is 5. The third kappa shape index (κ3) is 6.04.